The van der Waals surface area contributed by atoms with Crippen LogP contribution in [0.25, 0.3) is 0 Å². The van der Waals surface area contributed by atoms with E-state index in [1.807, 2.05) is 6.92 Å². The van der Waals surface area contributed by atoms with Crippen molar-refractivity contribution in [2.45, 2.75) is 32.6 Å². The van der Waals surface area contributed by atoms with E-state index in [1.165, 1.54) is 6.07 Å². The van der Waals surface area contributed by atoms with E-state index < -0.39 is 0 Å². The van der Waals surface area contributed by atoms with Crippen molar-refractivity contribution < 1.29 is 9.13 Å². The van der Waals surface area contributed by atoms with Gasteiger partial charge in [0.15, 0.2) is 11.6 Å². The van der Waals surface area contributed by atoms with Crippen molar-refractivity contribution in [2.24, 2.45) is 0 Å². The number of hydrogen-bond acceptors (Lipinski definition) is 1. The minimum absolute atomic E-state index is 0.286. The summed E-state index contributed by atoms with van der Waals surface area (Å²) in [6.07, 6.45) is 4.19. The second-order valence-electron chi connectivity index (χ2n) is 3.89. The van der Waals surface area contributed by atoms with Crippen molar-refractivity contribution in [1.82, 2.24) is 0 Å². The van der Waals surface area contributed by atoms with Crippen LogP contribution in [0.3, 0.4) is 0 Å². The molecule has 0 aliphatic carbocycles. The van der Waals surface area contributed by atoms with Crippen LogP contribution in [0.15, 0.2) is 18.2 Å². The highest BCUT2D eigenvalue weighted by Crippen LogP contribution is 2.18. The largest absolute Gasteiger partial charge is 0.491 e. The first kappa shape index (κ1) is 13.3. The Hall–Kier alpha value is -0.760. The summed E-state index contributed by atoms with van der Waals surface area (Å²) in [6, 6.07) is 4.91. The Morgan fingerprint density at radius 1 is 1.19 bits per heavy atom. The van der Waals surface area contributed by atoms with Gasteiger partial charge in [-0.1, -0.05) is 18.9 Å². The average Bonchev–Trinajstić information content (AvgIpc) is 2.28. The van der Waals surface area contributed by atoms with Crippen LogP contribution in [0, 0.1) is 12.7 Å². The monoisotopic (exact) mass is 244 g/mol. The lowest BCUT2D eigenvalue weighted by molar-refractivity contribution is 0.290. The van der Waals surface area contributed by atoms with Crippen molar-refractivity contribution in [3.05, 3.63) is 29.6 Å². The summed E-state index contributed by atoms with van der Waals surface area (Å²) >= 11 is 5.57. The van der Waals surface area contributed by atoms with Crippen LogP contribution in [0.4, 0.5) is 4.39 Å². The molecule has 0 aliphatic rings. The Kier molecular flexibility index (Phi) is 6.24. The maximum Gasteiger partial charge on any atom is 0.165 e. The van der Waals surface area contributed by atoms with Crippen LogP contribution in [0.1, 0.15) is 31.2 Å². The zero-order valence-electron chi connectivity index (χ0n) is 9.64. The Morgan fingerprint density at radius 2 is 1.94 bits per heavy atom. The molecule has 1 aromatic rings. The van der Waals surface area contributed by atoms with Crippen molar-refractivity contribution in [1.29, 1.82) is 0 Å². The molecule has 90 valence electrons. The summed E-state index contributed by atoms with van der Waals surface area (Å²) in [6.45, 7) is 2.50. The molecule has 3 heteroatoms. The molecule has 0 saturated carbocycles. The highest BCUT2D eigenvalue weighted by molar-refractivity contribution is 6.17. The number of benzene rings is 1. The molecule has 0 N–H and O–H groups in total. The normalized spacial score (nSPS) is 10.4. The summed E-state index contributed by atoms with van der Waals surface area (Å²) < 4.78 is 18.6. The van der Waals surface area contributed by atoms with Gasteiger partial charge in [-0.2, -0.15) is 0 Å². The molecule has 1 rings (SSSR count). The molecular formula is C13H18ClFO. The molecule has 0 aromatic heterocycles. The standard InChI is InChI=1S/C13H18ClFO/c1-11-6-7-12(15)13(10-11)16-9-5-3-2-4-8-14/h6-7,10H,2-5,8-9H2,1H3. The molecular weight excluding hydrogens is 227 g/mol. The molecule has 0 fully saturated rings. The Labute approximate surface area is 102 Å². The summed E-state index contributed by atoms with van der Waals surface area (Å²) in [4.78, 5) is 0. The molecule has 0 saturated heterocycles. The minimum atomic E-state index is -0.286. The minimum Gasteiger partial charge on any atom is -0.491 e. The lowest BCUT2D eigenvalue weighted by Gasteiger charge is -2.07. The second-order valence-corrected chi connectivity index (χ2v) is 4.26. The molecule has 1 aromatic carbocycles. The third-order valence-corrected chi connectivity index (χ3v) is 2.64. The van der Waals surface area contributed by atoms with Gasteiger partial charge in [0.05, 0.1) is 6.61 Å². The van der Waals surface area contributed by atoms with Crippen molar-refractivity contribution in [3.63, 3.8) is 0 Å². The predicted octanol–water partition coefficient (Wildman–Crippen LogP) is 4.31. The van der Waals surface area contributed by atoms with Gasteiger partial charge in [-0.05, 0) is 37.5 Å². The van der Waals surface area contributed by atoms with Gasteiger partial charge in [-0.15, -0.1) is 11.6 Å². The summed E-state index contributed by atoms with van der Waals surface area (Å²) in [5.41, 5.74) is 1.01. The Balaban J connectivity index is 2.23. The van der Waals surface area contributed by atoms with E-state index in [1.54, 1.807) is 12.1 Å². The van der Waals surface area contributed by atoms with Gasteiger partial charge in [-0.25, -0.2) is 4.39 Å². The quantitative estimate of drug-likeness (QED) is 0.513. The fraction of sp³-hybridized carbons (Fsp3) is 0.538. The van der Waals surface area contributed by atoms with E-state index in [9.17, 15) is 4.39 Å². The van der Waals surface area contributed by atoms with E-state index in [0.29, 0.717) is 18.2 Å². The highest BCUT2D eigenvalue weighted by atomic mass is 35.5. The third-order valence-electron chi connectivity index (χ3n) is 2.37. The number of alkyl halides is 1. The lowest BCUT2D eigenvalue weighted by Crippen LogP contribution is -1.99. The van der Waals surface area contributed by atoms with Gasteiger partial charge in [-0.3, -0.25) is 0 Å². The zero-order valence-corrected chi connectivity index (χ0v) is 10.4. The number of unbranched alkanes of at least 4 members (excludes halogenated alkanes) is 3. The molecule has 0 bridgehead atoms. The van der Waals surface area contributed by atoms with Gasteiger partial charge in [0.1, 0.15) is 0 Å². The maximum atomic E-state index is 13.3. The van der Waals surface area contributed by atoms with E-state index >= 15 is 0 Å². The first-order valence-corrected chi connectivity index (χ1v) is 6.22. The average molecular weight is 245 g/mol. The first-order chi connectivity index (χ1) is 7.74. The summed E-state index contributed by atoms with van der Waals surface area (Å²) in [5, 5.41) is 0. The summed E-state index contributed by atoms with van der Waals surface area (Å²) in [5.74, 6) is 0.789. The molecule has 0 aliphatic heterocycles. The third kappa shape index (κ3) is 4.84. The van der Waals surface area contributed by atoms with Gasteiger partial charge in [0.2, 0.25) is 0 Å². The van der Waals surface area contributed by atoms with E-state index in [2.05, 4.69) is 0 Å². The fourth-order valence-electron chi connectivity index (χ4n) is 1.45. The van der Waals surface area contributed by atoms with Crippen molar-refractivity contribution in [3.8, 4) is 5.75 Å². The molecule has 0 unspecified atom stereocenters. The van der Waals surface area contributed by atoms with Crippen LogP contribution >= 0.6 is 11.6 Å². The number of aryl methyl sites for hydroxylation is 1. The molecule has 0 heterocycles. The topological polar surface area (TPSA) is 9.23 Å². The zero-order chi connectivity index (χ0) is 11.8. The van der Waals surface area contributed by atoms with Crippen LogP contribution in [0.2, 0.25) is 0 Å². The predicted molar refractivity (Wildman–Crippen MR) is 65.8 cm³/mol. The van der Waals surface area contributed by atoms with Gasteiger partial charge in [0.25, 0.3) is 0 Å². The van der Waals surface area contributed by atoms with Crippen LogP contribution in [0.5, 0.6) is 5.75 Å². The van der Waals surface area contributed by atoms with Crippen LogP contribution < -0.4 is 4.74 Å². The molecule has 16 heavy (non-hydrogen) atoms. The maximum absolute atomic E-state index is 13.3. The molecule has 0 radical (unpaired) electrons. The van der Waals surface area contributed by atoms with E-state index in [0.717, 1.165) is 31.2 Å². The first-order valence-electron chi connectivity index (χ1n) is 5.69. The Morgan fingerprint density at radius 3 is 2.69 bits per heavy atom. The van der Waals surface area contributed by atoms with Crippen LogP contribution in [-0.4, -0.2) is 12.5 Å². The van der Waals surface area contributed by atoms with Gasteiger partial charge < -0.3 is 4.74 Å². The Bertz CT molecular complexity index is 315. The van der Waals surface area contributed by atoms with E-state index in [-0.39, 0.29) is 5.82 Å². The van der Waals surface area contributed by atoms with Gasteiger partial charge >= 0.3 is 0 Å². The number of halogens is 2. The second kappa shape index (κ2) is 7.50. The van der Waals surface area contributed by atoms with Crippen LogP contribution in [-0.2, 0) is 0 Å². The molecule has 1 nitrogen and oxygen atoms in total. The number of ether oxygens (including phenoxy) is 1. The molecule has 0 amide bonds. The molecule has 0 spiro atoms. The highest BCUT2D eigenvalue weighted by Gasteiger charge is 2.02. The molecule has 0 atom stereocenters. The number of rotatable bonds is 7. The van der Waals surface area contributed by atoms with Crippen molar-refractivity contribution >= 4 is 11.6 Å². The SMILES string of the molecule is Cc1ccc(F)c(OCCCCCCCl)c1. The van der Waals surface area contributed by atoms with Gasteiger partial charge in [0, 0.05) is 5.88 Å². The summed E-state index contributed by atoms with van der Waals surface area (Å²) in [7, 11) is 0. The number of hydrogen-bond donors (Lipinski definition) is 0. The lowest BCUT2D eigenvalue weighted by atomic mass is 10.2. The van der Waals surface area contributed by atoms with E-state index in [4.69, 9.17) is 16.3 Å². The smallest absolute Gasteiger partial charge is 0.165 e. The van der Waals surface area contributed by atoms with Crippen molar-refractivity contribution in [2.75, 3.05) is 12.5 Å². The fourth-order valence-corrected chi connectivity index (χ4v) is 1.64.